The number of anilines is 2. The average Bonchev–Trinajstić information content (AvgIpc) is 2.07. The van der Waals surface area contributed by atoms with Gasteiger partial charge in [-0.05, 0) is 0 Å². The van der Waals surface area contributed by atoms with Gasteiger partial charge >= 0.3 is 0 Å². The summed E-state index contributed by atoms with van der Waals surface area (Å²) in [6, 6.07) is 0. The Morgan fingerprint density at radius 1 is 1.58 bits per heavy atom. The fourth-order valence-corrected chi connectivity index (χ4v) is 1.68. The predicted molar refractivity (Wildman–Crippen MR) is 45.8 cm³/mol. The average molecular weight is 182 g/mol. The molecule has 2 rings (SSSR count). The van der Waals surface area contributed by atoms with Gasteiger partial charge in [0.05, 0.1) is 5.75 Å². The minimum absolute atomic E-state index is 0.0611. The molecule has 1 aromatic rings. The van der Waals surface area contributed by atoms with Crippen molar-refractivity contribution < 1.29 is 4.79 Å². The molecule has 1 aromatic heterocycles. The minimum atomic E-state index is -0.0611. The van der Waals surface area contributed by atoms with Crippen LogP contribution in [0.15, 0.2) is 11.4 Å². The first kappa shape index (κ1) is 7.35. The predicted octanol–water partition coefficient (Wildman–Crippen LogP) is 0.103. The summed E-state index contributed by atoms with van der Waals surface area (Å²) in [5, 5.41) is 3.36. The number of rotatable bonds is 0. The van der Waals surface area contributed by atoms with Gasteiger partial charge in [-0.2, -0.15) is 0 Å². The van der Waals surface area contributed by atoms with E-state index >= 15 is 0 Å². The van der Waals surface area contributed by atoms with E-state index in [1.165, 1.54) is 18.1 Å². The summed E-state index contributed by atoms with van der Waals surface area (Å²) in [7, 11) is 0. The van der Waals surface area contributed by atoms with Gasteiger partial charge in [-0.3, -0.25) is 4.79 Å². The molecule has 0 spiro atoms. The molecule has 5 nitrogen and oxygen atoms in total. The Labute approximate surface area is 72.8 Å². The Morgan fingerprint density at radius 2 is 2.42 bits per heavy atom. The van der Waals surface area contributed by atoms with Crippen molar-refractivity contribution in [3.05, 3.63) is 6.33 Å². The van der Waals surface area contributed by atoms with Gasteiger partial charge in [-0.1, -0.05) is 11.8 Å². The van der Waals surface area contributed by atoms with Crippen molar-refractivity contribution >= 4 is 29.2 Å². The molecule has 2 heterocycles. The smallest absolute Gasteiger partial charge is 0.234 e. The molecule has 0 unspecified atom stereocenters. The molecule has 0 radical (unpaired) electrons. The summed E-state index contributed by atoms with van der Waals surface area (Å²) in [5.41, 5.74) is 6.06. The summed E-state index contributed by atoms with van der Waals surface area (Å²) in [5.74, 6) is 0.651. The molecule has 1 aliphatic heterocycles. The fourth-order valence-electron chi connectivity index (χ4n) is 0.919. The summed E-state index contributed by atoms with van der Waals surface area (Å²) in [6.45, 7) is 0. The van der Waals surface area contributed by atoms with Crippen molar-refractivity contribution in [2.45, 2.75) is 5.03 Å². The van der Waals surface area contributed by atoms with Crippen molar-refractivity contribution in [3.63, 3.8) is 0 Å². The van der Waals surface area contributed by atoms with Crippen LogP contribution in [0, 0.1) is 0 Å². The Hall–Kier alpha value is -1.30. The zero-order chi connectivity index (χ0) is 8.55. The second kappa shape index (κ2) is 2.63. The Bertz CT molecular complexity index is 340. The molecule has 62 valence electrons. The van der Waals surface area contributed by atoms with Gasteiger partial charge in [0.1, 0.15) is 17.0 Å². The third-order valence-corrected chi connectivity index (χ3v) is 2.44. The van der Waals surface area contributed by atoms with Gasteiger partial charge < -0.3 is 11.1 Å². The molecule has 1 amide bonds. The van der Waals surface area contributed by atoms with Crippen LogP contribution in [-0.4, -0.2) is 21.6 Å². The summed E-state index contributed by atoms with van der Waals surface area (Å²) >= 11 is 1.37. The molecule has 6 heteroatoms. The van der Waals surface area contributed by atoms with Crippen LogP contribution in [0.4, 0.5) is 11.5 Å². The number of nitrogens with one attached hydrogen (secondary N) is 1. The van der Waals surface area contributed by atoms with Crippen molar-refractivity contribution in [1.82, 2.24) is 9.97 Å². The van der Waals surface area contributed by atoms with Crippen LogP contribution in [-0.2, 0) is 4.79 Å². The molecular weight excluding hydrogens is 176 g/mol. The Morgan fingerprint density at radius 3 is 3.25 bits per heavy atom. The number of carbonyl (C=O) groups is 1. The maximum atomic E-state index is 10.9. The van der Waals surface area contributed by atoms with Gasteiger partial charge in [0.15, 0.2) is 5.82 Å². The normalized spacial score (nSPS) is 15.2. The SMILES string of the molecule is Nc1ncnc2c1NC(=O)CS2. The van der Waals surface area contributed by atoms with Crippen molar-refractivity contribution in [2.24, 2.45) is 0 Å². The quantitative estimate of drug-likeness (QED) is 0.556. The number of thioether (sulfide) groups is 1. The Balaban J connectivity index is 2.50. The monoisotopic (exact) mass is 182 g/mol. The number of aromatic nitrogens is 2. The number of hydrogen-bond acceptors (Lipinski definition) is 5. The van der Waals surface area contributed by atoms with E-state index in [1.54, 1.807) is 0 Å². The number of nitrogen functional groups attached to an aromatic ring is 1. The second-order valence-electron chi connectivity index (χ2n) is 2.28. The maximum absolute atomic E-state index is 10.9. The first-order valence-corrected chi connectivity index (χ1v) is 4.29. The van der Waals surface area contributed by atoms with Crippen LogP contribution in [0.1, 0.15) is 0 Å². The third-order valence-electron chi connectivity index (χ3n) is 1.45. The largest absolute Gasteiger partial charge is 0.382 e. The van der Waals surface area contributed by atoms with Crippen LogP contribution < -0.4 is 11.1 Å². The van der Waals surface area contributed by atoms with Crippen LogP contribution in [0.3, 0.4) is 0 Å². The van der Waals surface area contributed by atoms with E-state index in [2.05, 4.69) is 15.3 Å². The van der Waals surface area contributed by atoms with E-state index in [0.717, 1.165) is 5.03 Å². The molecule has 0 fully saturated rings. The van der Waals surface area contributed by atoms with E-state index in [9.17, 15) is 4.79 Å². The summed E-state index contributed by atoms with van der Waals surface area (Å²) in [6.07, 6.45) is 1.39. The molecule has 3 N–H and O–H groups in total. The zero-order valence-corrected chi connectivity index (χ0v) is 6.89. The highest BCUT2D eigenvalue weighted by atomic mass is 32.2. The van der Waals surface area contributed by atoms with Crippen LogP contribution in [0.2, 0.25) is 0 Å². The van der Waals surface area contributed by atoms with E-state index in [-0.39, 0.29) is 5.91 Å². The number of hydrogen-bond donors (Lipinski definition) is 2. The van der Waals surface area contributed by atoms with Crippen molar-refractivity contribution in [3.8, 4) is 0 Å². The molecule has 0 aliphatic carbocycles. The zero-order valence-electron chi connectivity index (χ0n) is 6.07. The molecular formula is C6H6N4OS. The van der Waals surface area contributed by atoms with Crippen LogP contribution >= 0.6 is 11.8 Å². The highest BCUT2D eigenvalue weighted by Crippen LogP contribution is 2.31. The number of nitrogens with zero attached hydrogens (tertiary/aromatic N) is 2. The number of fused-ring (bicyclic) bond motifs is 1. The lowest BCUT2D eigenvalue weighted by molar-refractivity contribution is -0.113. The minimum Gasteiger partial charge on any atom is -0.382 e. The molecule has 12 heavy (non-hydrogen) atoms. The topological polar surface area (TPSA) is 80.9 Å². The van der Waals surface area contributed by atoms with E-state index < -0.39 is 0 Å². The highest BCUT2D eigenvalue weighted by molar-refractivity contribution is 8.00. The van der Waals surface area contributed by atoms with Crippen LogP contribution in [0.25, 0.3) is 0 Å². The Kier molecular flexibility index (Phi) is 1.61. The van der Waals surface area contributed by atoms with Gasteiger partial charge in [0.2, 0.25) is 5.91 Å². The lowest BCUT2D eigenvalue weighted by Gasteiger charge is -2.15. The molecule has 0 bridgehead atoms. The molecule has 0 saturated heterocycles. The van der Waals surface area contributed by atoms with E-state index in [4.69, 9.17) is 5.73 Å². The molecule has 1 aliphatic rings. The van der Waals surface area contributed by atoms with Gasteiger partial charge in [-0.15, -0.1) is 0 Å². The summed E-state index contributed by atoms with van der Waals surface area (Å²) in [4.78, 5) is 18.7. The summed E-state index contributed by atoms with van der Waals surface area (Å²) < 4.78 is 0. The lowest BCUT2D eigenvalue weighted by atomic mass is 10.4. The number of nitrogens with two attached hydrogens (primary N) is 1. The maximum Gasteiger partial charge on any atom is 0.234 e. The second-order valence-corrected chi connectivity index (χ2v) is 3.24. The fraction of sp³-hybridized carbons (Fsp3) is 0.167. The molecule has 0 saturated carbocycles. The first-order valence-electron chi connectivity index (χ1n) is 3.30. The number of carbonyl (C=O) groups excluding carboxylic acids is 1. The lowest BCUT2D eigenvalue weighted by Crippen LogP contribution is -2.20. The standard InChI is InChI=1S/C6H6N4OS/c7-5-4-6(9-2-8-5)12-1-3(11)10-4/h2H,1H2,(H,10,11)(H2,7,8,9). The molecule has 0 aromatic carbocycles. The van der Waals surface area contributed by atoms with E-state index in [0.29, 0.717) is 17.3 Å². The van der Waals surface area contributed by atoms with Crippen molar-refractivity contribution in [1.29, 1.82) is 0 Å². The first-order chi connectivity index (χ1) is 5.77. The van der Waals surface area contributed by atoms with Crippen LogP contribution in [0.5, 0.6) is 0 Å². The van der Waals surface area contributed by atoms with Gasteiger partial charge in [0, 0.05) is 0 Å². The number of amides is 1. The molecule has 0 atom stereocenters. The van der Waals surface area contributed by atoms with Gasteiger partial charge in [-0.25, -0.2) is 9.97 Å². The highest BCUT2D eigenvalue weighted by Gasteiger charge is 2.18. The van der Waals surface area contributed by atoms with Crippen molar-refractivity contribution in [2.75, 3.05) is 16.8 Å². The van der Waals surface area contributed by atoms with Gasteiger partial charge in [0.25, 0.3) is 0 Å². The van der Waals surface area contributed by atoms with E-state index in [1.807, 2.05) is 0 Å². The third kappa shape index (κ3) is 1.10.